The SMILES string of the molecule is CCc1cccnc1CNC(=O)CNc1ccccc1. The van der Waals surface area contributed by atoms with Crippen molar-refractivity contribution in [2.24, 2.45) is 0 Å². The monoisotopic (exact) mass is 269 g/mol. The highest BCUT2D eigenvalue weighted by atomic mass is 16.1. The van der Waals surface area contributed by atoms with Crippen LogP contribution in [0.1, 0.15) is 18.2 Å². The van der Waals surface area contributed by atoms with Gasteiger partial charge in [0, 0.05) is 11.9 Å². The number of pyridine rings is 1. The van der Waals surface area contributed by atoms with Crippen molar-refractivity contribution in [3.8, 4) is 0 Å². The lowest BCUT2D eigenvalue weighted by molar-refractivity contribution is -0.119. The second-order valence-electron chi connectivity index (χ2n) is 4.46. The summed E-state index contributed by atoms with van der Waals surface area (Å²) < 4.78 is 0. The normalized spacial score (nSPS) is 10.1. The number of nitrogens with one attached hydrogen (secondary N) is 2. The number of benzene rings is 1. The van der Waals surface area contributed by atoms with Gasteiger partial charge in [-0.1, -0.05) is 31.2 Å². The Kier molecular flexibility index (Phi) is 5.12. The quantitative estimate of drug-likeness (QED) is 0.846. The van der Waals surface area contributed by atoms with Gasteiger partial charge in [0.15, 0.2) is 0 Å². The molecule has 0 saturated carbocycles. The van der Waals surface area contributed by atoms with Crippen molar-refractivity contribution >= 4 is 11.6 Å². The van der Waals surface area contributed by atoms with Crippen LogP contribution in [0.4, 0.5) is 5.69 Å². The molecule has 0 bridgehead atoms. The van der Waals surface area contributed by atoms with Crippen molar-refractivity contribution in [1.29, 1.82) is 0 Å². The fourth-order valence-electron chi connectivity index (χ4n) is 1.94. The summed E-state index contributed by atoms with van der Waals surface area (Å²) in [5, 5.41) is 5.96. The van der Waals surface area contributed by atoms with Gasteiger partial charge in [0.1, 0.15) is 0 Å². The lowest BCUT2D eigenvalue weighted by atomic mass is 10.1. The molecular weight excluding hydrogens is 250 g/mol. The first-order valence-corrected chi connectivity index (χ1v) is 6.78. The Hall–Kier alpha value is -2.36. The van der Waals surface area contributed by atoms with Crippen molar-refractivity contribution in [2.75, 3.05) is 11.9 Å². The van der Waals surface area contributed by atoms with Crippen LogP contribution in [0.15, 0.2) is 48.7 Å². The Morgan fingerprint density at radius 2 is 1.95 bits per heavy atom. The number of anilines is 1. The van der Waals surface area contributed by atoms with Gasteiger partial charge in [0.25, 0.3) is 0 Å². The molecule has 2 rings (SSSR count). The molecule has 0 atom stereocenters. The molecule has 1 aromatic carbocycles. The smallest absolute Gasteiger partial charge is 0.239 e. The van der Waals surface area contributed by atoms with E-state index in [0.717, 1.165) is 17.8 Å². The molecule has 4 heteroatoms. The van der Waals surface area contributed by atoms with Crippen LogP contribution in [0.25, 0.3) is 0 Å². The zero-order valence-corrected chi connectivity index (χ0v) is 11.6. The first kappa shape index (κ1) is 14.1. The highest BCUT2D eigenvalue weighted by Crippen LogP contribution is 2.06. The number of carbonyl (C=O) groups is 1. The molecule has 1 amide bonds. The maximum atomic E-state index is 11.8. The minimum atomic E-state index is -0.0402. The van der Waals surface area contributed by atoms with Gasteiger partial charge in [0.2, 0.25) is 5.91 Å². The van der Waals surface area contributed by atoms with Crippen LogP contribution in [0.3, 0.4) is 0 Å². The van der Waals surface area contributed by atoms with Gasteiger partial charge in [0.05, 0.1) is 18.8 Å². The number of aryl methyl sites for hydroxylation is 1. The van der Waals surface area contributed by atoms with Crippen molar-refractivity contribution in [3.63, 3.8) is 0 Å². The van der Waals surface area contributed by atoms with Gasteiger partial charge in [-0.2, -0.15) is 0 Å². The second-order valence-corrected chi connectivity index (χ2v) is 4.46. The van der Waals surface area contributed by atoms with Gasteiger partial charge < -0.3 is 10.6 Å². The van der Waals surface area contributed by atoms with E-state index >= 15 is 0 Å². The molecule has 0 aliphatic carbocycles. The van der Waals surface area contributed by atoms with E-state index in [1.54, 1.807) is 6.20 Å². The highest BCUT2D eigenvalue weighted by molar-refractivity contribution is 5.80. The van der Waals surface area contributed by atoms with E-state index in [0.29, 0.717) is 6.54 Å². The second kappa shape index (κ2) is 7.28. The number of aromatic nitrogens is 1. The molecule has 1 aromatic heterocycles. The largest absolute Gasteiger partial charge is 0.376 e. The predicted molar refractivity (Wildman–Crippen MR) is 80.4 cm³/mol. The molecule has 0 fully saturated rings. The molecule has 4 nitrogen and oxygen atoms in total. The molecular formula is C16H19N3O. The highest BCUT2D eigenvalue weighted by Gasteiger charge is 2.04. The molecule has 2 N–H and O–H groups in total. The first-order chi connectivity index (χ1) is 9.79. The molecule has 20 heavy (non-hydrogen) atoms. The molecule has 0 unspecified atom stereocenters. The fraction of sp³-hybridized carbons (Fsp3) is 0.250. The fourth-order valence-corrected chi connectivity index (χ4v) is 1.94. The Balaban J connectivity index is 1.80. The minimum absolute atomic E-state index is 0.0402. The standard InChI is InChI=1S/C16H19N3O/c1-2-13-7-6-10-17-15(13)11-19-16(20)12-18-14-8-4-3-5-9-14/h3-10,18H,2,11-12H2,1H3,(H,19,20). The minimum Gasteiger partial charge on any atom is -0.376 e. The summed E-state index contributed by atoms with van der Waals surface area (Å²) in [6, 6.07) is 13.6. The molecule has 2 aromatic rings. The summed E-state index contributed by atoms with van der Waals surface area (Å²) >= 11 is 0. The van der Waals surface area contributed by atoms with Crippen LogP contribution < -0.4 is 10.6 Å². The molecule has 104 valence electrons. The van der Waals surface area contributed by atoms with Gasteiger partial charge >= 0.3 is 0 Å². The van der Waals surface area contributed by atoms with Crippen molar-refractivity contribution in [1.82, 2.24) is 10.3 Å². The number of hydrogen-bond acceptors (Lipinski definition) is 3. The molecule has 0 spiro atoms. The Morgan fingerprint density at radius 1 is 1.15 bits per heavy atom. The average Bonchev–Trinajstić information content (AvgIpc) is 2.52. The lowest BCUT2D eigenvalue weighted by Gasteiger charge is -2.09. The van der Waals surface area contributed by atoms with E-state index in [1.807, 2.05) is 42.5 Å². The third kappa shape index (κ3) is 4.09. The number of nitrogens with zero attached hydrogens (tertiary/aromatic N) is 1. The Labute approximate surface area is 119 Å². The lowest BCUT2D eigenvalue weighted by Crippen LogP contribution is -2.30. The van der Waals surface area contributed by atoms with Crippen LogP contribution >= 0.6 is 0 Å². The number of hydrogen-bond donors (Lipinski definition) is 2. The Bertz CT molecular complexity index is 555. The van der Waals surface area contributed by atoms with E-state index in [-0.39, 0.29) is 12.5 Å². The first-order valence-electron chi connectivity index (χ1n) is 6.78. The number of carbonyl (C=O) groups excluding carboxylic acids is 1. The average molecular weight is 269 g/mol. The van der Waals surface area contributed by atoms with Crippen molar-refractivity contribution < 1.29 is 4.79 Å². The zero-order valence-electron chi connectivity index (χ0n) is 11.6. The van der Waals surface area contributed by atoms with Crippen molar-refractivity contribution in [3.05, 3.63) is 59.9 Å². The number of amides is 1. The summed E-state index contributed by atoms with van der Waals surface area (Å²) in [7, 11) is 0. The predicted octanol–water partition coefficient (Wildman–Crippen LogP) is 2.37. The van der Waals surface area contributed by atoms with E-state index in [9.17, 15) is 4.79 Å². The van der Waals surface area contributed by atoms with Gasteiger partial charge in [-0.3, -0.25) is 9.78 Å². The molecule has 1 heterocycles. The van der Waals surface area contributed by atoms with Gasteiger partial charge in [-0.05, 0) is 30.2 Å². The van der Waals surface area contributed by atoms with E-state index < -0.39 is 0 Å². The summed E-state index contributed by atoms with van der Waals surface area (Å²) in [5.41, 5.74) is 3.04. The molecule has 0 aliphatic rings. The van der Waals surface area contributed by atoms with Crippen LogP contribution in [-0.2, 0) is 17.8 Å². The molecule has 0 radical (unpaired) electrons. The third-order valence-corrected chi connectivity index (χ3v) is 3.05. The van der Waals surface area contributed by atoms with Crippen LogP contribution in [0.5, 0.6) is 0 Å². The maximum Gasteiger partial charge on any atom is 0.239 e. The molecule has 0 saturated heterocycles. The summed E-state index contributed by atoms with van der Waals surface area (Å²) in [5.74, 6) is -0.0402. The van der Waals surface area contributed by atoms with Gasteiger partial charge in [-0.15, -0.1) is 0 Å². The number of para-hydroxylation sites is 1. The summed E-state index contributed by atoms with van der Waals surface area (Å²) in [6.07, 6.45) is 2.67. The topological polar surface area (TPSA) is 54.0 Å². The van der Waals surface area contributed by atoms with Crippen molar-refractivity contribution in [2.45, 2.75) is 19.9 Å². The Morgan fingerprint density at radius 3 is 2.70 bits per heavy atom. The zero-order chi connectivity index (χ0) is 14.2. The van der Waals surface area contributed by atoms with E-state index in [4.69, 9.17) is 0 Å². The van der Waals surface area contributed by atoms with Gasteiger partial charge in [-0.25, -0.2) is 0 Å². The molecule has 0 aliphatic heterocycles. The maximum absolute atomic E-state index is 11.8. The van der Waals surface area contributed by atoms with Crippen LogP contribution in [-0.4, -0.2) is 17.4 Å². The third-order valence-electron chi connectivity index (χ3n) is 3.05. The number of rotatable bonds is 6. The van der Waals surface area contributed by atoms with Crippen LogP contribution in [0, 0.1) is 0 Å². The van der Waals surface area contributed by atoms with E-state index in [1.165, 1.54) is 5.56 Å². The summed E-state index contributed by atoms with van der Waals surface area (Å²) in [4.78, 5) is 16.1. The van der Waals surface area contributed by atoms with Crippen LogP contribution in [0.2, 0.25) is 0 Å². The van der Waals surface area contributed by atoms with E-state index in [2.05, 4.69) is 22.5 Å². The summed E-state index contributed by atoms with van der Waals surface area (Å²) in [6.45, 7) is 2.82.